The van der Waals surface area contributed by atoms with Crippen LogP contribution in [0.3, 0.4) is 0 Å². The van der Waals surface area contributed by atoms with Gasteiger partial charge in [-0.3, -0.25) is 14.4 Å². The van der Waals surface area contributed by atoms with Crippen LogP contribution in [0.2, 0.25) is 0 Å². The Labute approximate surface area is 368 Å². The molecule has 5 heterocycles. The minimum absolute atomic E-state index is 0. The summed E-state index contributed by atoms with van der Waals surface area (Å²) in [5.74, 6) is -2.16. The van der Waals surface area contributed by atoms with Crippen LogP contribution in [0.5, 0.6) is 0 Å². The van der Waals surface area contributed by atoms with Gasteiger partial charge >= 0.3 is 35.0 Å². The second kappa shape index (κ2) is 20.2. The van der Waals surface area contributed by atoms with Gasteiger partial charge in [-0.15, -0.1) is 11.4 Å². The number of hydrogen-bond donors (Lipinski definition) is 0. The van der Waals surface area contributed by atoms with Crippen molar-refractivity contribution >= 4 is 52.4 Å². The summed E-state index contributed by atoms with van der Waals surface area (Å²) in [6.45, 7) is 21.5. The molecular weight excluding hydrogens is 749 g/mol. The standard InChI is InChI=1S/C49H64N4O5.Mg/c1-11-14-15-17-27(4)18-16-19-28(5)22-23-58-42(54)21-20-35-31(8)38-24-36-29(6)33(12-2)40(50-36)25-37-30(7)34(13-3)41(51-37)26-39-32(9)43-47(53-39)44(46(35)52-38)45(48(43)55)49(56)57-10;/h22,24,27,31,35,45H,2,11-21,23,25-26H2,1,3-10H3,(H-,52,53,55);/q-4;+2/p-1/b28-22+,38-24-;/t27-,31+,35+,45-;/m1./s1. The monoisotopic (exact) mass is 811 g/mol. The molecule has 0 saturated carbocycles. The Hall–Kier alpha value is -3.76. The second-order valence-corrected chi connectivity index (χ2v) is 17.0. The van der Waals surface area contributed by atoms with Gasteiger partial charge in [0.2, 0.25) is 0 Å². The van der Waals surface area contributed by atoms with Crippen LogP contribution in [-0.4, -0.2) is 54.5 Å². The molecule has 10 heteroatoms. The number of carbonyl (C=O) groups is 3. The summed E-state index contributed by atoms with van der Waals surface area (Å²) in [6.07, 6.45) is 15.6. The summed E-state index contributed by atoms with van der Waals surface area (Å²) in [5.41, 5.74) is 13.8. The Bertz CT molecular complexity index is 2130. The van der Waals surface area contributed by atoms with Crippen LogP contribution in [0.4, 0.5) is 0 Å². The van der Waals surface area contributed by atoms with E-state index in [0.717, 1.165) is 81.6 Å². The molecule has 3 aliphatic rings. The number of Topliss-reactive ketones (excluding diaryl/α,β-unsaturated/α-hetero) is 1. The molecule has 314 valence electrons. The quantitative estimate of drug-likeness (QED) is 0.0350. The van der Waals surface area contributed by atoms with Crippen molar-refractivity contribution in [3.63, 3.8) is 0 Å². The number of aromatic nitrogens is 3. The van der Waals surface area contributed by atoms with Gasteiger partial charge in [-0.1, -0.05) is 105 Å². The van der Waals surface area contributed by atoms with Gasteiger partial charge in [-0.05, 0) is 90.0 Å². The van der Waals surface area contributed by atoms with Crippen LogP contribution in [0.15, 0.2) is 23.0 Å². The maximum Gasteiger partial charge on any atom is 2.00 e. The zero-order valence-corrected chi connectivity index (χ0v) is 38.5. The van der Waals surface area contributed by atoms with E-state index in [4.69, 9.17) is 29.7 Å². The summed E-state index contributed by atoms with van der Waals surface area (Å²) in [6, 6.07) is 0. The zero-order valence-electron chi connectivity index (χ0n) is 37.1. The maximum atomic E-state index is 14.3. The van der Waals surface area contributed by atoms with Gasteiger partial charge in [0.15, 0.2) is 5.78 Å². The van der Waals surface area contributed by atoms with E-state index in [2.05, 4.69) is 55.4 Å². The van der Waals surface area contributed by atoms with Crippen molar-refractivity contribution in [2.75, 3.05) is 13.7 Å². The summed E-state index contributed by atoms with van der Waals surface area (Å²) >= 11 is 0. The van der Waals surface area contributed by atoms with E-state index in [9.17, 15) is 14.4 Å². The number of hydrogen-bond acceptors (Lipinski definition) is 5. The van der Waals surface area contributed by atoms with E-state index in [0.29, 0.717) is 48.2 Å². The molecule has 3 aromatic rings. The summed E-state index contributed by atoms with van der Waals surface area (Å²) < 4.78 is 11.0. The van der Waals surface area contributed by atoms with E-state index in [1.807, 2.05) is 19.1 Å². The predicted octanol–water partition coefficient (Wildman–Crippen LogP) is 9.57. The number of ketones is 1. The van der Waals surface area contributed by atoms with Crippen molar-refractivity contribution in [1.29, 1.82) is 0 Å². The van der Waals surface area contributed by atoms with Crippen LogP contribution in [0.1, 0.15) is 165 Å². The van der Waals surface area contributed by atoms with Crippen LogP contribution < -0.4 is 15.0 Å². The van der Waals surface area contributed by atoms with Gasteiger partial charge in [0.25, 0.3) is 0 Å². The van der Waals surface area contributed by atoms with Crippen molar-refractivity contribution in [2.24, 2.45) is 23.7 Å². The Morgan fingerprint density at radius 3 is 2.31 bits per heavy atom. The number of esters is 2. The van der Waals surface area contributed by atoms with Gasteiger partial charge < -0.3 is 36.7 Å². The Balaban J connectivity index is 0.00000661. The smallest absolute Gasteiger partial charge is 0.664 e. The van der Waals surface area contributed by atoms with Gasteiger partial charge in [0.1, 0.15) is 12.5 Å². The summed E-state index contributed by atoms with van der Waals surface area (Å²) in [4.78, 5) is 56.7. The third-order valence-corrected chi connectivity index (χ3v) is 13.1. The largest absolute Gasteiger partial charge is 2.00 e. The van der Waals surface area contributed by atoms with E-state index in [-0.39, 0.29) is 59.7 Å². The number of ether oxygens (including phenoxy) is 2. The molecule has 6 rings (SSSR count). The first kappa shape index (κ1) is 46.3. The molecule has 0 amide bonds. The number of fused-ring (bicyclic) bond motifs is 7. The minimum atomic E-state index is -1.19. The SMILES string of the molecule is [CH2-]Cc1c2[n-]c(c1C)/C=C1\[N-]/C(=C3\c4[n-]c(c(C)c4C(=O)[C@@H]3C(=O)OC)Cc3[n-]c(c(C)c3CC)C2)[C@@H](CCC(=O)OC/C=C(\C)CCC[C@H](C)CCCCC)[C@@H]1C.[Mg+2]. The molecule has 0 N–H and O–H groups in total. The molecular formula is C49H63MgN4O5-3. The molecule has 2 aliphatic heterocycles. The summed E-state index contributed by atoms with van der Waals surface area (Å²) in [5, 5.41) is 5.25. The normalized spacial score (nSPS) is 21.2. The molecule has 1 fully saturated rings. The van der Waals surface area contributed by atoms with Gasteiger partial charge in [-0.2, -0.15) is 40.6 Å². The van der Waals surface area contributed by atoms with Gasteiger partial charge in [0, 0.05) is 12.0 Å². The Morgan fingerprint density at radius 2 is 1.63 bits per heavy atom. The average molecular weight is 812 g/mol. The van der Waals surface area contributed by atoms with Crippen LogP contribution in [-0.2, 0) is 44.7 Å². The molecule has 0 spiro atoms. The first-order chi connectivity index (χ1) is 27.8. The topological polar surface area (TPSA) is 126 Å². The molecule has 9 nitrogen and oxygen atoms in total. The number of carbonyl (C=O) groups excluding carboxylic acids is 3. The van der Waals surface area contributed by atoms with E-state index in [1.165, 1.54) is 50.4 Å². The third-order valence-electron chi connectivity index (χ3n) is 13.1. The van der Waals surface area contributed by atoms with Crippen LogP contribution in [0.25, 0.3) is 17.0 Å². The fourth-order valence-electron chi connectivity index (χ4n) is 9.44. The molecule has 8 bridgehead atoms. The first-order valence-corrected chi connectivity index (χ1v) is 21.7. The van der Waals surface area contributed by atoms with E-state index >= 15 is 0 Å². The zero-order chi connectivity index (χ0) is 41.8. The second-order valence-electron chi connectivity index (χ2n) is 17.0. The maximum absolute atomic E-state index is 14.3. The van der Waals surface area contributed by atoms with E-state index in [1.54, 1.807) is 0 Å². The fraction of sp³-hybridized carbons (Fsp3) is 0.551. The number of rotatable bonds is 16. The van der Waals surface area contributed by atoms with Crippen molar-refractivity contribution in [1.82, 2.24) is 15.0 Å². The molecule has 3 aromatic heterocycles. The molecule has 4 atom stereocenters. The van der Waals surface area contributed by atoms with Crippen molar-refractivity contribution < 1.29 is 23.9 Å². The Kier molecular flexibility index (Phi) is 15.9. The van der Waals surface area contributed by atoms with Gasteiger partial charge in [-0.25, -0.2) is 0 Å². The number of methoxy groups -OCH3 is 1. The molecule has 1 aliphatic carbocycles. The first-order valence-electron chi connectivity index (χ1n) is 21.7. The molecule has 1 saturated heterocycles. The fourth-order valence-corrected chi connectivity index (χ4v) is 9.44. The number of unbranched alkanes of at least 4 members (excludes halogenated alkanes) is 2. The van der Waals surface area contributed by atoms with Gasteiger partial charge in [0.05, 0.1) is 7.11 Å². The predicted molar refractivity (Wildman–Crippen MR) is 235 cm³/mol. The minimum Gasteiger partial charge on any atom is -0.664 e. The van der Waals surface area contributed by atoms with E-state index < -0.39 is 11.9 Å². The number of allylic oxidation sites excluding steroid dienone is 3. The third kappa shape index (κ3) is 9.59. The molecule has 0 aromatic carbocycles. The molecule has 0 radical (unpaired) electrons. The molecule has 0 unspecified atom stereocenters. The molecule has 59 heavy (non-hydrogen) atoms. The van der Waals surface area contributed by atoms with Crippen molar-refractivity contribution in [3.8, 4) is 0 Å². The number of nitrogens with zero attached hydrogens (tertiary/aromatic N) is 4. The average Bonchev–Trinajstić information content (AvgIpc) is 3.94. The van der Waals surface area contributed by atoms with Crippen molar-refractivity contribution in [3.05, 3.63) is 103 Å². The summed E-state index contributed by atoms with van der Waals surface area (Å²) in [7, 11) is 1.30. The Morgan fingerprint density at radius 1 is 0.932 bits per heavy atom. The van der Waals surface area contributed by atoms with Crippen LogP contribution in [0, 0.1) is 51.4 Å². The van der Waals surface area contributed by atoms with Crippen molar-refractivity contribution in [2.45, 2.75) is 139 Å². The van der Waals surface area contributed by atoms with Crippen LogP contribution >= 0.6 is 0 Å².